The van der Waals surface area contributed by atoms with E-state index in [0.29, 0.717) is 0 Å². The Balaban J connectivity index is 2.62. The summed E-state index contributed by atoms with van der Waals surface area (Å²) in [4.78, 5) is 0. The van der Waals surface area contributed by atoms with Crippen molar-refractivity contribution in [1.82, 2.24) is 5.32 Å². The summed E-state index contributed by atoms with van der Waals surface area (Å²) in [6.45, 7) is 3.95. The molecule has 0 spiro atoms. The van der Waals surface area contributed by atoms with Crippen LogP contribution in [0.3, 0.4) is 0 Å². The van der Waals surface area contributed by atoms with Crippen molar-refractivity contribution in [3.8, 4) is 0 Å². The average molecular weight is 275 g/mol. The predicted molar refractivity (Wildman–Crippen MR) is 66.7 cm³/mol. The number of hydrogen-bond donors (Lipinski definition) is 1. The van der Waals surface area contributed by atoms with Crippen molar-refractivity contribution >= 4 is 33.6 Å². The zero-order valence-corrected chi connectivity index (χ0v) is 10.4. The van der Waals surface area contributed by atoms with Crippen molar-refractivity contribution in [1.29, 1.82) is 0 Å². The topological polar surface area (TPSA) is 12.0 Å². The van der Waals surface area contributed by atoms with E-state index in [0.717, 1.165) is 28.1 Å². The van der Waals surface area contributed by atoms with Crippen LogP contribution in [0.1, 0.15) is 12.5 Å². The second-order valence-corrected chi connectivity index (χ2v) is 4.20. The summed E-state index contributed by atoms with van der Waals surface area (Å²) in [5.74, 6) is 0. The largest absolute Gasteiger partial charge is 0.314 e. The maximum Gasteiger partial charge on any atom is 0.0489 e. The Bertz CT molecular complexity index is 323. The van der Waals surface area contributed by atoms with Crippen molar-refractivity contribution in [2.24, 2.45) is 0 Å². The van der Waals surface area contributed by atoms with Gasteiger partial charge < -0.3 is 5.32 Å². The third-order valence-electron chi connectivity index (χ3n) is 1.77. The van der Waals surface area contributed by atoms with Gasteiger partial charge in [-0.15, -0.1) is 0 Å². The van der Waals surface area contributed by atoms with Gasteiger partial charge in [-0.2, -0.15) is 0 Å². The molecule has 1 N–H and O–H groups in total. The van der Waals surface area contributed by atoms with Gasteiger partial charge in [-0.1, -0.05) is 52.7 Å². The molecule has 0 aliphatic rings. The molecule has 76 valence electrons. The van der Waals surface area contributed by atoms with Crippen LogP contribution in [0.15, 0.2) is 28.7 Å². The van der Waals surface area contributed by atoms with Crippen LogP contribution in [0.5, 0.6) is 0 Å². The van der Waals surface area contributed by atoms with Gasteiger partial charge in [0, 0.05) is 16.0 Å². The molecule has 0 radical (unpaired) electrons. The standard InChI is InChI=1S/C11H13BrClN/c1-2-14-7-3-4-9-5-6-10(12)8-11(9)13/h3-6,8,14H,2,7H2,1H3/b4-3+. The lowest BCUT2D eigenvalue weighted by molar-refractivity contribution is 0.801. The predicted octanol–water partition coefficient (Wildman–Crippen LogP) is 3.73. The molecule has 0 saturated carbocycles. The summed E-state index contributed by atoms with van der Waals surface area (Å²) in [7, 11) is 0. The molecule has 0 heterocycles. The van der Waals surface area contributed by atoms with Crippen LogP contribution in [0.2, 0.25) is 5.02 Å². The van der Waals surface area contributed by atoms with Crippen LogP contribution in [0, 0.1) is 0 Å². The van der Waals surface area contributed by atoms with Gasteiger partial charge in [0.1, 0.15) is 0 Å². The molecule has 1 rings (SSSR count). The fraction of sp³-hybridized carbons (Fsp3) is 0.273. The van der Waals surface area contributed by atoms with E-state index in [9.17, 15) is 0 Å². The summed E-state index contributed by atoms with van der Waals surface area (Å²) in [6.07, 6.45) is 4.09. The molecule has 0 aliphatic carbocycles. The average Bonchev–Trinajstić information content (AvgIpc) is 2.15. The van der Waals surface area contributed by atoms with Crippen molar-refractivity contribution in [2.45, 2.75) is 6.92 Å². The van der Waals surface area contributed by atoms with E-state index in [-0.39, 0.29) is 0 Å². The molecule has 0 fully saturated rings. The number of hydrogen-bond acceptors (Lipinski definition) is 1. The molecule has 3 heteroatoms. The molecule has 1 nitrogen and oxygen atoms in total. The third-order valence-corrected chi connectivity index (χ3v) is 2.59. The zero-order valence-electron chi connectivity index (χ0n) is 8.06. The summed E-state index contributed by atoms with van der Waals surface area (Å²) < 4.78 is 1.01. The van der Waals surface area contributed by atoms with E-state index < -0.39 is 0 Å². The molecule has 0 bridgehead atoms. The van der Waals surface area contributed by atoms with Crippen molar-refractivity contribution in [3.05, 3.63) is 39.3 Å². The first-order chi connectivity index (χ1) is 6.74. The molecule has 0 saturated heterocycles. The first-order valence-electron chi connectivity index (χ1n) is 4.56. The smallest absolute Gasteiger partial charge is 0.0489 e. The second kappa shape index (κ2) is 6.23. The maximum absolute atomic E-state index is 6.04. The minimum Gasteiger partial charge on any atom is -0.314 e. The SMILES string of the molecule is CCNC/C=C/c1ccc(Br)cc1Cl. The Morgan fingerprint density at radius 2 is 2.29 bits per heavy atom. The van der Waals surface area contributed by atoms with E-state index in [2.05, 4.69) is 34.2 Å². The van der Waals surface area contributed by atoms with Crippen molar-refractivity contribution < 1.29 is 0 Å². The van der Waals surface area contributed by atoms with E-state index in [1.807, 2.05) is 24.3 Å². The molecule has 1 aromatic rings. The molecule has 1 aromatic carbocycles. The van der Waals surface area contributed by atoms with Crippen LogP contribution in [-0.2, 0) is 0 Å². The van der Waals surface area contributed by atoms with Gasteiger partial charge in [0.2, 0.25) is 0 Å². The van der Waals surface area contributed by atoms with Crippen LogP contribution >= 0.6 is 27.5 Å². The monoisotopic (exact) mass is 273 g/mol. The molecular formula is C11H13BrClN. The molecule has 0 unspecified atom stereocenters. The highest BCUT2D eigenvalue weighted by Crippen LogP contribution is 2.22. The van der Waals surface area contributed by atoms with E-state index in [4.69, 9.17) is 11.6 Å². The van der Waals surface area contributed by atoms with Gasteiger partial charge in [0.25, 0.3) is 0 Å². The Morgan fingerprint density at radius 1 is 1.50 bits per heavy atom. The Labute approximate surface area is 98.3 Å². The second-order valence-electron chi connectivity index (χ2n) is 2.88. The molecule has 0 aromatic heterocycles. The highest BCUT2D eigenvalue weighted by atomic mass is 79.9. The summed E-state index contributed by atoms with van der Waals surface area (Å²) in [5, 5.41) is 3.98. The van der Waals surface area contributed by atoms with Gasteiger partial charge in [-0.05, 0) is 24.2 Å². The van der Waals surface area contributed by atoms with Gasteiger partial charge in [0.05, 0.1) is 0 Å². The summed E-state index contributed by atoms with van der Waals surface area (Å²) in [5.41, 5.74) is 1.05. The number of halogens is 2. The van der Waals surface area contributed by atoms with Gasteiger partial charge >= 0.3 is 0 Å². The quantitative estimate of drug-likeness (QED) is 0.825. The van der Waals surface area contributed by atoms with E-state index in [1.165, 1.54) is 0 Å². The fourth-order valence-electron chi connectivity index (χ4n) is 1.05. The molecule has 0 atom stereocenters. The van der Waals surface area contributed by atoms with Gasteiger partial charge in [0.15, 0.2) is 0 Å². The minimum atomic E-state index is 0.770. The van der Waals surface area contributed by atoms with Crippen molar-refractivity contribution in [2.75, 3.05) is 13.1 Å². The Hall–Kier alpha value is -0.310. The number of nitrogens with one attached hydrogen (secondary N) is 1. The fourth-order valence-corrected chi connectivity index (χ4v) is 1.79. The molecule has 0 aliphatic heterocycles. The first kappa shape index (κ1) is 11.8. The third kappa shape index (κ3) is 3.82. The molecular weight excluding hydrogens is 261 g/mol. The lowest BCUT2D eigenvalue weighted by Gasteiger charge is -1.99. The Kier molecular flexibility index (Phi) is 5.23. The van der Waals surface area contributed by atoms with Gasteiger partial charge in [-0.25, -0.2) is 0 Å². The number of likely N-dealkylation sites (N-methyl/N-ethyl adjacent to an activating group) is 1. The number of benzene rings is 1. The van der Waals surface area contributed by atoms with Crippen molar-refractivity contribution in [3.63, 3.8) is 0 Å². The maximum atomic E-state index is 6.04. The Morgan fingerprint density at radius 3 is 2.93 bits per heavy atom. The highest BCUT2D eigenvalue weighted by molar-refractivity contribution is 9.10. The minimum absolute atomic E-state index is 0.770. The number of rotatable bonds is 4. The van der Waals surface area contributed by atoms with Gasteiger partial charge in [-0.3, -0.25) is 0 Å². The van der Waals surface area contributed by atoms with E-state index >= 15 is 0 Å². The van der Waals surface area contributed by atoms with E-state index in [1.54, 1.807) is 0 Å². The molecule has 0 amide bonds. The lowest BCUT2D eigenvalue weighted by atomic mass is 10.2. The molecule has 14 heavy (non-hydrogen) atoms. The van der Waals surface area contributed by atoms with Crippen LogP contribution < -0.4 is 5.32 Å². The zero-order chi connectivity index (χ0) is 10.4. The van der Waals surface area contributed by atoms with Crippen LogP contribution in [-0.4, -0.2) is 13.1 Å². The first-order valence-corrected chi connectivity index (χ1v) is 5.73. The van der Waals surface area contributed by atoms with Crippen LogP contribution in [0.25, 0.3) is 6.08 Å². The normalized spacial score (nSPS) is 11.1. The lowest BCUT2D eigenvalue weighted by Crippen LogP contribution is -2.11. The summed E-state index contributed by atoms with van der Waals surface area (Å²) >= 11 is 9.41. The summed E-state index contributed by atoms with van der Waals surface area (Å²) in [6, 6.07) is 5.88. The van der Waals surface area contributed by atoms with Crippen LogP contribution in [0.4, 0.5) is 0 Å². The highest BCUT2D eigenvalue weighted by Gasteiger charge is 1.95.